The fourth-order valence-corrected chi connectivity index (χ4v) is 3.16. The van der Waals surface area contributed by atoms with Crippen LogP contribution in [0, 0.1) is 5.92 Å². The zero-order chi connectivity index (χ0) is 14.8. The van der Waals surface area contributed by atoms with Crippen LogP contribution in [0.1, 0.15) is 45.2 Å². The summed E-state index contributed by atoms with van der Waals surface area (Å²) in [5, 5.41) is 3.53. The summed E-state index contributed by atoms with van der Waals surface area (Å²) in [6.45, 7) is 13.4. The van der Waals surface area contributed by atoms with Gasteiger partial charge < -0.3 is 5.32 Å². The summed E-state index contributed by atoms with van der Waals surface area (Å²) in [5.74, 6) is 0.851. The van der Waals surface area contributed by atoms with Crippen LogP contribution in [0.2, 0.25) is 0 Å². The van der Waals surface area contributed by atoms with Crippen LogP contribution < -0.4 is 5.32 Å². The van der Waals surface area contributed by atoms with Gasteiger partial charge in [0.1, 0.15) is 0 Å². The zero-order valence-electron chi connectivity index (χ0n) is 13.2. The van der Waals surface area contributed by atoms with Gasteiger partial charge in [-0.25, -0.2) is 0 Å². The summed E-state index contributed by atoms with van der Waals surface area (Å²) in [7, 11) is 0. The minimum atomic E-state index is 0.164. The molecule has 20 heavy (non-hydrogen) atoms. The summed E-state index contributed by atoms with van der Waals surface area (Å²) in [6.07, 6.45) is 1.34. The average molecular weight is 339 g/mol. The Bertz CT molecular complexity index is 451. The predicted octanol–water partition coefficient (Wildman–Crippen LogP) is 4.18. The predicted molar refractivity (Wildman–Crippen MR) is 89.8 cm³/mol. The van der Waals surface area contributed by atoms with Crippen molar-refractivity contribution in [2.24, 2.45) is 5.92 Å². The first-order valence-electron chi connectivity index (χ1n) is 7.58. The maximum Gasteiger partial charge on any atom is 0.0245 e. The van der Waals surface area contributed by atoms with Crippen molar-refractivity contribution < 1.29 is 0 Å². The molecule has 1 heterocycles. The van der Waals surface area contributed by atoms with Crippen molar-refractivity contribution in [2.45, 2.75) is 52.7 Å². The zero-order valence-corrected chi connectivity index (χ0v) is 14.8. The van der Waals surface area contributed by atoms with Crippen LogP contribution in [0.25, 0.3) is 0 Å². The molecule has 0 aliphatic carbocycles. The first-order valence-corrected chi connectivity index (χ1v) is 8.37. The normalized spacial score (nSPS) is 20.6. The highest BCUT2D eigenvalue weighted by Gasteiger charge is 2.19. The van der Waals surface area contributed by atoms with E-state index in [1.165, 1.54) is 35.1 Å². The maximum atomic E-state index is 3.74. The van der Waals surface area contributed by atoms with Crippen LogP contribution in [-0.4, -0.2) is 23.5 Å². The lowest BCUT2D eigenvalue weighted by Crippen LogP contribution is -2.35. The Kier molecular flexibility index (Phi) is 5.27. The fraction of sp³-hybridized carbons (Fsp3) is 0.647. The van der Waals surface area contributed by atoms with Gasteiger partial charge in [0.2, 0.25) is 0 Å². The number of nitrogens with one attached hydrogen (secondary N) is 1. The van der Waals surface area contributed by atoms with Crippen LogP contribution in [-0.2, 0) is 13.1 Å². The molecule has 2 nitrogen and oxygen atoms in total. The summed E-state index contributed by atoms with van der Waals surface area (Å²) in [6, 6.07) is 6.78. The summed E-state index contributed by atoms with van der Waals surface area (Å²) in [4.78, 5) is 2.55. The third-order valence-corrected chi connectivity index (χ3v) is 4.58. The highest BCUT2D eigenvalue weighted by Crippen LogP contribution is 2.24. The third-order valence-electron chi connectivity index (χ3n) is 3.84. The number of benzene rings is 1. The van der Waals surface area contributed by atoms with Crippen molar-refractivity contribution in [1.29, 1.82) is 0 Å². The molecule has 1 unspecified atom stereocenters. The van der Waals surface area contributed by atoms with E-state index in [4.69, 9.17) is 0 Å². The first-order chi connectivity index (χ1) is 9.33. The van der Waals surface area contributed by atoms with E-state index >= 15 is 0 Å². The van der Waals surface area contributed by atoms with Crippen molar-refractivity contribution in [2.75, 3.05) is 13.1 Å². The molecule has 0 spiro atoms. The van der Waals surface area contributed by atoms with E-state index in [0.717, 1.165) is 19.0 Å². The fourth-order valence-electron chi connectivity index (χ4n) is 2.61. The number of hydrogen-bond acceptors (Lipinski definition) is 2. The lowest BCUT2D eigenvalue weighted by Gasteiger charge is -2.21. The third kappa shape index (κ3) is 4.87. The Morgan fingerprint density at radius 1 is 1.35 bits per heavy atom. The van der Waals surface area contributed by atoms with Crippen molar-refractivity contribution in [3.8, 4) is 0 Å². The first kappa shape index (κ1) is 16.0. The van der Waals surface area contributed by atoms with Gasteiger partial charge in [0, 0.05) is 29.6 Å². The molecule has 1 atom stereocenters. The highest BCUT2D eigenvalue weighted by atomic mass is 79.9. The van der Waals surface area contributed by atoms with Gasteiger partial charge in [-0.05, 0) is 56.8 Å². The molecule has 112 valence electrons. The maximum absolute atomic E-state index is 3.74. The quantitative estimate of drug-likeness (QED) is 0.885. The van der Waals surface area contributed by atoms with Crippen molar-refractivity contribution >= 4 is 15.9 Å². The van der Waals surface area contributed by atoms with Crippen LogP contribution in [0.3, 0.4) is 0 Å². The minimum absolute atomic E-state index is 0.164. The van der Waals surface area contributed by atoms with Crippen LogP contribution in [0.15, 0.2) is 22.7 Å². The second-order valence-corrected chi connectivity index (χ2v) is 8.01. The molecule has 1 N–H and O–H groups in total. The largest absolute Gasteiger partial charge is 0.308 e. The van der Waals surface area contributed by atoms with Crippen LogP contribution in [0.5, 0.6) is 0 Å². The molecule has 1 fully saturated rings. The molecular formula is C17H27BrN2. The minimum Gasteiger partial charge on any atom is -0.308 e. The van der Waals surface area contributed by atoms with Crippen molar-refractivity contribution in [1.82, 2.24) is 10.2 Å². The van der Waals surface area contributed by atoms with Gasteiger partial charge in [-0.1, -0.05) is 35.0 Å². The van der Waals surface area contributed by atoms with E-state index in [0.29, 0.717) is 0 Å². The molecule has 0 amide bonds. The lowest BCUT2D eigenvalue weighted by molar-refractivity contribution is 0.319. The van der Waals surface area contributed by atoms with Gasteiger partial charge in [0.05, 0.1) is 0 Å². The van der Waals surface area contributed by atoms with Crippen LogP contribution >= 0.6 is 15.9 Å². The van der Waals surface area contributed by atoms with Gasteiger partial charge in [0.15, 0.2) is 0 Å². The van der Waals surface area contributed by atoms with E-state index < -0.39 is 0 Å². The number of halogens is 1. The molecule has 1 aliphatic rings. The molecule has 0 radical (unpaired) electrons. The second kappa shape index (κ2) is 6.59. The van der Waals surface area contributed by atoms with Gasteiger partial charge in [-0.3, -0.25) is 4.90 Å². The van der Waals surface area contributed by atoms with E-state index in [9.17, 15) is 0 Å². The van der Waals surface area contributed by atoms with Gasteiger partial charge in [-0.15, -0.1) is 0 Å². The lowest BCUT2D eigenvalue weighted by atomic mass is 10.1. The number of hydrogen-bond donors (Lipinski definition) is 1. The van der Waals surface area contributed by atoms with E-state index in [2.05, 4.69) is 72.0 Å². The standard InChI is InChI=1S/C17H27BrN2/c1-13-7-8-20(11-13)12-15-6-5-14(9-16(15)18)10-19-17(2,3)4/h5-6,9,13,19H,7-8,10-12H2,1-4H3. The van der Waals surface area contributed by atoms with Crippen molar-refractivity contribution in [3.05, 3.63) is 33.8 Å². The Labute approximate surface area is 132 Å². The Morgan fingerprint density at radius 3 is 2.65 bits per heavy atom. The molecule has 3 heteroatoms. The summed E-state index contributed by atoms with van der Waals surface area (Å²) < 4.78 is 1.24. The van der Waals surface area contributed by atoms with Gasteiger partial charge in [-0.2, -0.15) is 0 Å². The summed E-state index contributed by atoms with van der Waals surface area (Å²) in [5.41, 5.74) is 2.90. The molecule has 1 saturated heterocycles. The SMILES string of the molecule is CC1CCN(Cc2ccc(CNC(C)(C)C)cc2Br)C1. The molecule has 0 bridgehead atoms. The van der Waals surface area contributed by atoms with Gasteiger partial charge >= 0.3 is 0 Å². The molecule has 2 rings (SSSR count). The Hall–Kier alpha value is -0.380. The van der Waals surface area contributed by atoms with Crippen molar-refractivity contribution in [3.63, 3.8) is 0 Å². The average Bonchev–Trinajstić information content (AvgIpc) is 2.74. The number of nitrogens with zero attached hydrogens (tertiary/aromatic N) is 1. The Balaban J connectivity index is 1.95. The van der Waals surface area contributed by atoms with E-state index in [1.54, 1.807) is 0 Å². The second-order valence-electron chi connectivity index (χ2n) is 7.16. The molecule has 0 saturated carbocycles. The molecule has 1 aromatic carbocycles. The monoisotopic (exact) mass is 338 g/mol. The van der Waals surface area contributed by atoms with E-state index in [-0.39, 0.29) is 5.54 Å². The summed E-state index contributed by atoms with van der Waals surface area (Å²) >= 11 is 3.74. The highest BCUT2D eigenvalue weighted by molar-refractivity contribution is 9.10. The number of likely N-dealkylation sites (tertiary alicyclic amines) is 1. The molecule has 1 aromatic rings. The Morgan fingerprint density at radius 2 is 2.10 bits per heavy atom. The van der Waals surface area contributed by atoms with Crippen LogP contribution in [0.4, 0.5) is 0 Å². The smallest absolute Gasteiger partial charge is 0.0245 e. The topological polar surface area (TPSA) is 15.3 Å². The van der Waals surface area contributed by atoms with Gasteiger partial charge in [0.25, 0.3) is 0 Å². The molecule has 1 aliphatic heterocycles. The number of rotatable bonds is 4. The molecular weight excluding hydrogens is 312 g/mol. The molecule has 0 aromatic heterocycles. The van der Waals surface area contributed by atoms with E-state index in [1.807, 2.05) is 0 Å².